The Morgan fingerprint density at radius 2 is 1.90 bits per heavy atom. The highest BCUT2D eigenvalue weighted by Gasteiger charge is 2.25. The Hall–Kier alpha value is -2.07. The lowest BCUT2D eigenvalue weighted by molar-refractivity contribution is 0.0300. The normalized spacial score (nSPS) is 15.6. The Morgan fingerprint density at radius 1 is 1.20 bits per heavy atom. The van der Waals surface area contributed by atoms with E-state index < -0.39 is 16.1 Å². The number of thioether (sulfide) groups is 1. The van der Waals surface area contributed by atoms with Crippen LogP contribution in [0.25, 0.3) is 0 Å². The molecule has 162 valence electrons. The number of morpholine rings is 1. The predicted molar refractivity (Wildman–Crippen MR) is 117 cm³/mol. The first-order valence-electron chi connectivity index (χ1n) is 9.57. The van der Waals surface area contributed by atoms with Crippen LogP contribution < -0.4 is 9.46 Å². The fourth-order valence-corrected chi connectivity index (χ4v) is 5.17. The molecule has 0 radical (unpaired) electrons. The van der Waals surface area contributed by atoms with Crippen molar-refractivity contribution in [1.29, 1.82) is 0 Å². The van der Waals surface area contributed by atoms with Crippen molar-refractivity contribution >= 4 is 27.7 Å². The zero-order valence-corrected chi connectivity index (χ0v) is 18.9. The lowest BCUT2D eigenvalue weighted by Crippen LogP contribution is -2.41. The number of hydrogen-bond donors (Lipinski definition) is 1. The van der Waals surface area contributed by atoms with Gasteiger partial charge in [0.15, 0.2) is 0 Å². The number of sulfonamides is 1. The Balaban J connectivity index is 1.89. The molecular formula is C21H26N2O5S2. The molecule has 1 heterocycles. The molecule has 1 saturated heterocycles. The van der Waals surface area contributed by atoms with Crippen LogP contribution in [0.5, 0.6) is 5.75 Å². The van der Waals surface area contributed by atoms with Gasteiger partial charge in [-0.25, -0.2) is 13.1 Å². The minimum absolute atomic E-state index is 0.0543. The van der Waals surface area contributed by atoms with Crippen molar-refractivity contribution < 1.29 is 22.7 Å². The van der Waals surface area contributed by atoms with E-state index in [0.29, 0.717) is 37.6 Å². The molecule has 30 heavy (non-hydrogen) atoms. The summed E-state index contributed by atoms with van der Waals surface area (Å²) in [5.74, 6) is 0.422. The van der Waals surface area contributed by atoms with E-state index in [4.69, 9.17) is 9.47 Å². The third-order valence-electron chi connectivity index (χ3n) is 4.95. The van der Waals surface area contributed by atoms with Crippen molar-refractivity contribution in [2.75, 3.05) is 39.7 Å². The summed E-state index contributed by atoms with van der Waals surface area (Å²) in [4.78, 5) is 15.5. The van der Waals surface area contributed by atoms with Gasteiger partial charge in [-0.2, -0.15) is 0 Å². The van der Waals surface area contributed by atoms with Gasteiger partial charge in [0.1, 0.15) is 5.75 Å². The van der Waals surface area contributed by atoms with Crippen molar-refractivity contribution in [3.63, 3.8) is 0 Å². The average molecular weight is 451 g/mol. The number of hydrogen-bond acceptors (Lipinski definition) is 6. The maximum absolute atomic E-state index is 13.1. The van der Waals surface area contributed by atoms with Gasteiger partial charge in [-0.05, 0) is 37.4 Å². The van der Waals surface area contributed by atoms with Crippen LogP contribution in [0.3, 0.4) is 0 Å². The minimum Gasteiger partial charge on any atom is -0.496 e. The number of carbonyl (C=O) groups excluding carboxylic acids is 1. The number of nitrogens with one attached hydrogen (secondary N) is 1. The minimum atomic E-state index is -3.85. The maximum atomic E-state index is 13.1. The largest absolute Gasteiger partial charge is 0.496 e. The number of nitrogens with zero attached hydrogens (tertiary/aromatic N) is 1. The Morgan fingerprint density at radius 3 is 2.57 bits per heavy atom. The fourth-order valence-electron chi connectivity index (χ4n) is 3.35. The molecule has 3 rings (SSSR count). The van der Waals surface area contributed by atoms with Crippen LogP contribution in [-0.4, -0.2) is 58.9 Å². The van der Waals surface area contributed by atoms with Gasteiger partial charge in [-0.15, -0.1) is 11.8 Å². The molecule has 1 fully saturated rings. The molecule has 0 unspecified atom stereocenters. The monoisotopic (exact) mass is 450 g/mol. The number of methoxy groups -OCH3 is 1. The molecule has 2 aromatic carbocycles. The summed E-state index contributed by atoms with van der Waals surface area (Å²) >= 11 is 1.41. The van der Waals surface area contributed by atoms with Crippen LogP contribution in [0, 0.1) is 0 Å². The van der Waals surface area contributed by atoms with Crippen LogP contribution in [0.4, 0.5) is 0 Å². The molecule has 0 spiro atoms. The molecule has 1 amide bonds. The lowest BCUT2D eigenvalue weighted by atomic mass is 10.1. The molecule has 2 aromatic rings. The van der Waals surface area contributed by atoms with Crippen molar-refractivity contribution in [2.24, 2.45) is 0 Å². The standard InChI is InChI=1S/C21H26N2O5S2/c1-15(17-6-4-5-7-19(17)27-2)22-30(25,26)16-8-9-20(29-3)18(14-16)21(24)23-10-12-28-13-11-23/h4-9,14-15,22H,10-13H2,1-3H3/t15-/m1/s1. The van der Waals surface area contributed by atoms with Crippen LogP contribution in [0.15, 0.2) is 52.3 Å². The predicted octanol–water partition coefficient (Wildman–Crippen LogP) is 2.93. The highest BCUT2D eigenvalue weighted by molar-refractivity contribution is 7.98. The highest BCUT2D eigenvalue weighted by Crippen LogP contribution is 2.28. The van der Waals surface area contributed by atoms with E-state index in [9.17, 15) is 13.2 Å². The maximum Gasteiger partial charge on any atom is 0.255 e. The molecule has 0 aromatic heterocycles. The average Bonchev–Trinajstić information content (AvgIpc) is 2.78. The Bertz CT molecular complexity index is 1000. The Kier molecular flexibility index (Phi) is 7.41. The van der Waals surface area contributed by atoms with Gasteiger partial charge in [0.25, 0.3) is 5.91 Å². The molecule has 7 nitrogen and oxygen atoms in total. The summed E-state index contributed by atoms with van der Waals surface area (Å²) in [7, 11) is -2.31. The summed E-state index contributed by atoms with van der Waals surface area (Å²) < 4.78 is 39.5. The summed E-state index contributed by atoms with van der Waals surface area (Å²) in [6.45, 7) is 3.71. The van der Waals surface area contributed by atoms with E-state index in [1.165, 1.54) is 23.9 Å². The van der Waals surface area contributed by atoms with Gasteiger partial charge in [-0.1, -0.05) is 18.2 Å². The van der Waals surface area contributed by atoms with E-state index >= 15 is 0 Å². The van der Waals surface area contributed by atoms with E-state index in [2.05, 4.69) is 4.72 Å². The molecule has 9 heteroatoms. The number of para-hydroxylation sites is 1. The quantitative estimate of drug-likeness (QED) is 0.653. The second kappa shape index (κ2) is 9.82. The number of carbonyl (C=O) groups is 1. The molecule has 0 saturated carbocycles. The fraction of sp³-hybridized carbons (Fsp3) is 0.381. The lowest BCUT2D eigenvalue weighted by Gasteiger charge is -2.27. The molecule has 1 aliphatic heterocycles. The van der Waals surface area contributed by atoms with Crippen molar-refractivity contribution in [1.82, 2.24) is 9.62 Å². The highest BCUT2D eigenvalue weighted by atomic mass is 32.2. The summed E-state index contributed by atoms with van der Waals surface area (Å²) in [5.41, 5.74) is 1.12. The smallest absolute Gasteiger partial charge is 0.255 e. The molecule has 1 atom stereocenters. The second-order valence-electron chi connectivity index (χ2n) is 6.85. The zero-order valence-electron chi connectivity index (χ0n) is 17.3. The molecule has 1 N–H and O–H groups in total. The topological polar surface area (TPSA) is 84.9 Å². The van der Waals surface area contributed by atoms with Crippen molar-refractivity contribution in [2.45, 2.75) is 22.8 Å². The van der Waals surface area contributed by atoms with E-state index in [-0.39, 0.29) is 10.8 Å². The van der Waals surface area contributed by atoms with Gasteiger partial charge in [0.2, 0.25) is 10.0 Å². The van der Waals surface area contributed by atoms with Gasteiger partial charge < -0.3 is 14.4 Å². The third kappa shape index (κ3) is 4.97. The molecule has 0 aliphatic carbocycles. The number of benzene rings is 2. The van der Waals surface area contributed by atoms with E-state index in [1.54, 1.807) is 31.1 Å². The van der Waals surface area contributed by atoms with E-state index in [1.807, 2.05) is 24.5 Å². The van der Waals surface area contributed by atoms with Gasteiger partial charge in [-0.3, -0.25) is 4.79 Å². The van der Waals surface area contributed by atoms with Gasteiger partial charge in [0, 0.05) is 29.6 Å². The number of ether oxygens (including phenoxy) is 2. The number of amides is 1. The summed E-state index contributed by atoms with van der Waals surface area (Å²) in [5, 5.41) is 0. The summed E-state index contributed by atoms with van der Waals surface area (Å²) in [6.07, 6.45) is 1.86. The Labute approximate surface area is 181 Å². The van der Waals surface area contributed by atoms with Gasteiger partial charge >= 0.3 is 0 Å². The molecule has 0 bridgehead atoms. The first-order valence-corrected chi connectivity index (χ1v) is 12.3. The first kappa shape index (κ1) is 22.6. The molecular weight excluding hydrogens is 424 g/mol. The van der Waals surface area contributed by atoms with Crippen LogP contribution in [0.1, 0.15) is 28.9 Å². The SMILES string of the molecule is COc1ccccc1[C@@H](C)NS(=O)(=O)c1ccc(SC)c(C(=O)N2CCOCC2)c1. The van der Waals surface area contributed by atoms with Crippen LogP contribution >= 0.6 is 11.8 Å². The van der Waals surface area contributed by atoms with Crippen molar-refractivity contribution in [3.05, 3.63) is 53.6 Å². The van der Waals surface area contributed by atoms with Crippen LogP contribution in [-0.2, 0) is 14.8 Å². The van der Waals surface area contributed by atoms with Crippen molar-refractivity contribution in [3.8, 4) is 5.75 Å². The zero-order chi connectivity index (χ0) is 21.7. The van der Waals surface area contributed by atoms with E-state index in [0.717, 1.165) is 10.5 Å². The van der Waals surface area contributed by atoms with Crippen LogP contribution in [0.2, 0.25) is 0 Å². The molecule has 1 aliphatic rings. The first-order chi connectivity index (χ1) is 14.4. The van der Waals surface area contributed by atoms with Gasteiger partial charge in [0.05, 0.1) is 30.8 Å². The third-order valence-corrected chi connectivity index (χ3v) is 7.28. The second-order valence-corrected chi connectivity index (χ2v) is 9.41. The number of rotatable bonds is 7. The summed E-state index contributed by atoms with van der Waals surface area (Å²) in [6, 6.07) is 11.4.